The molecule has 0 fully saturated rings. The fourth-order valence-corrected chi connectivity index (χ4v) is 0. The van der Waals surface area contributed by atoms with Gasteiger partial charge in [0, 0.05) is 0 Å². The minimum atomic E-state index is -4.41. The first-order valence-electron chi connectivity index (χ1n) is 0.612. The van der Waals surface area contributed by atoms with E-state index in [4.69, 9.17) is 3.15 Å². The Morgan fingerprint density at radius 1 is 1.00 bits per heavy atom. The zero-order chi connectivity index (χ0) is 3.58. The zero-order valence-electron chi connectivity index (χ0n) is 2.13. The molecule has 30 valence electrons. The van der Waals surface area contributed by atoms with Crippen LogP contribution in [0.25, 0.3) is 0 Å². The van der Waals surface area contributed by atoms with Gasteiger partial charge in [0.25, 0.3) is 0 Å². The van der Waals surface area contributed by atoms with E-state index in [-0.39, 0.29) is 12.4 Å². The summed E-state index contributed by atoms with van der Waals surface area (Å²) in [7, 11) is 0. The Labute approximate surface area is 49.9 Å². The van der Waals surface area contributed by atoms with Crippen molar-refractivity contribution in [2.75, 3.05) is 0 Å². The van der Waals surface area contributed by atoms with Gasteiger partial charge in [-0.1, -0.05) is 0 Å². The molecule has 0 aliphatic heterocycles. The molecule has 0 amide bonds. The summed E-state index contributed by atoms with van der Waals surface area (Å²) < 4.78 is 25.9. The second-order valence-corrected chi connectivity index (χ2v) is 1.85. The van der Waals surface area contributed by atoms with Crippen LogP contribution >= 0.6 is 12.4 Å². The second-order valence-electron chi connectivity index (χ2n) is 0.250. The predicted molar refractivity (Wildman–Crippen MR) is 9.31 cm³/mol. The normalized spacial score (nSPS) is 3.00. The van der Waals surface area contributed by atoms with E-state index in [1.54, 1.807) is 0 Å². The Balaban J connectivity index is 0. The molecule has 0 aromatic heterocycles. The third-order valence-corrected chi connectivity index (χ3v) is 0. The molecular formula is HClNdO3. The van der Waals surface area contributed by atoms with E-state index in [2.05, 4.69) is 0 Å². The SMILES string of the molecule is Cl.[O]=[Nd](=[O])=[O]. The van der Waals surface area contributed by atoms with Gasteiger partial charge < -0.3 is 0 Å². The summed E-state index contributed by atoms with van der Waals surface area (Å²) in [5, 5.41) is 0. The molecule has 0 aromatic carbocycles. The summed E-state index contributed by atoms with van der Waals surface area (Å²) in [5.41, 5.74) is 0. The van der Waals surface area contributed by atoms with E-state index in [0.717, 1.165) is 0 Å². The van der Waals surface area contributed by atoms with Crippen molar-refractivity contribution in [3.8, 4) is 0 Å². The molecule has 0 aliphatic rings. The van der Waals surface area contributed by atoms with Crippen LogP contribution in [-0.2, 0) is 3.15 Å². The summed E-state index contributed by atoms with van der Waals surface area (Å²) in [4.78, 5) is 0. The maximum atomic E-state index is 8.63. The van der Waals surface area contributed by atoms with Crippen LogP contribution in [0.15, 0.2) is 0 Å². The summed E-state index contributed by atoms with van der Waals surface area (Å²) >= 11 is -4.41. The number of halogens is 1. The molecule has 0 saturated heterocycles. The van der Waals surface area contributed by atoms with Crippen LogP contribution in [0, 0.1) is 35.0 Å². The third-order valence-electron chi connectivity index (χ3n) is 0. The first-order chi connectivity index (χ1) is 1.73. The van der Waals surface area contributed by atoms with Gasteiger partial charge in [0.15, 0.2) is 0 Å². The third kappa shape index (κ3) is 43.0. The molecule has 0 bridgehead atoms. The molecule has 0 radical (unpaired) electrons. The molecule has 0 unspecified atom stereocenters. The summed E-state index contributed by atoms with van der Waals surface area (Å²) in [6.07, 6.45) is 0. The van der Waals surface area contributed by atoms with Gasteiger partial charge in [0.1, 0.15) is 0 Å². The fraction of sp³-hybridized carbons (Fsp3) is 0. The van der Waals surface area contributed by atoms with E-state index < -0.39 is 35.0 Å². The number of hydrogen-bond donors (Lipinski definition) is 0. The van der Waals surface area contributed by atoms with Gasteiger partial charge in [-0.15, -0.1) is 12.4 Å². The van der Waals surface area contributed by atoms with E-state index in [1.807, 2.05) is 0 Å². The quantitative estimate of drug-likeness (QED) is 0.590. The van der Waals surface area contributed by atoms with Gasteiger partial charge >= 0.3 is 38.2 Å². The predicted octanol–water partition coefficient (Wildman–Crippen LogP) is 0.0654. The Hall–Kier alpha value is 1.04. The average molecular weight is 229 g/mol. The molecule has 3 nitrogen and oxygen atoms in total. The number of hydrogen-bond acceptors (Lipinski definition) is 3. The van der Waals surface area contributed by atoms with Crippen molar-refractivity contribution in [3.63, 3.8) is 0 Å². The second kappa shape index (κ2) is 5.04. The molecule has 0 atom stereocenters. The molecule has 0 heterocycles. The molecule has 0 aliphatic carbocycles. The monoisotopic (exact) mass is 226 g/mol. The topological polar surface area (TPSA) is 51.2 Å². The first-order valence-corrected chi connectivity index (χ1v) is 4.54. The summed E-state index contributed by atoms with van der Waals surface area (Å²) in [5.74, 6) is 0. The van der Waals surface area contributed by atoms with Gasteiger partial charge in [-0.3, -0.25) is 0 Å². The van der Waals surface area contributed by atoms with Gasteiger partial charge in [0.2, 0.25) is 0 Å². The molecule has 5 heteroatoms. The van der Waals surface area contributed by atoms with Crippen LogP contribution in [0.4, 0.5) is 0 Å². The Morgan fingerprint density at radius 2 is 1.00 bits per heavy atom. The molecule has 0 spiro atoms. The molecule has 0 aromatic rings. The summed E-state index contributed by atoms with van der Waals surface area (Å²) in [6.45, 7) is 0. The molecule has 0 N–H and O–H groups in total. The van der Waals surface area contributed by atoms with Crippen LogP contribution in [0.3, 0.4) is 0 Å². The maximum absolute atomic E-state index is 8.63. The molecule has 0 rings (SSSR count). The Morgan fingerprint density at radius 3 is 1.00 bits per heavy atom. The Bertz CT molecular complexity index is 76.3. The van der Waals surface area contributed by atoms with Crippen molar-refractivity contribution in [3.05, 3.63) is 0 Å². The van der Waals surface area contributed by atoms with Crippen LogP contribution in [0.5, 0.6) is 0 Å². The van der Waals surface area contributed by atoms with E-state index >= 15 is 0 Å². The fourth-order valence-electron chi connectivity index (χ4n) is 0. The van der Waals surface area contributed by atoms with Gasteiger partial charge in [0.05, 0.1) is 0 Å². The van der Waals surface area contributed by atoms with Gasteiger partial charge in [-0.2, -0.15) is 0 Å². The molecule has 0 saturated carbocycles. The standard InChI is InChI=1S/ClH.Nd.3O/h1H;;;;. The summed E-state index contributed by atoms with van der Waals surface area (Å²) in [6, 6.07) is 0. The molecular weight excluding hydrogens is 228 g/mol. The van der Waals surface area contributed by atoms with E-state index in [1.165, 1.54) is 0 Å². The van der Waals surface area contributed by atoms with Crippen molar-refractivity contribution in [1.82, 2.24) is 0 Å². The van der Waals surface area contributed by atoms with E-state index in [0.29, 0.717) is 0 Å². The zero-order valence-corrected chi connectivity index (χ0v) is 6.16. The van der Waals surface area contributed by atoms with Crippen molar-refractivity contribution in [2.24, 2.45) is 0 Å². The van der Waals surface area contributed by atoms with Gasteiger partial charge in [-0.05, 0) is 0 Å². The van der Waals surface area contributed by atoms with Crippen LogP contribution < -0.4 is 0 Å². The van der Waals surface area contributed by atoms with Crippen molar-refractivity contribution in [1.29, 1.82) is 0 Å². The first kappa shape index (κ1) is 9.40. The van der Waals surface area contributed by atoms with E-state index in [9.17, 15) is 0 Å². The van der Waals surface area contributed by atoms with Crippen molar-refractivity contribution >= 4 is 12.4 Å². The van der Waals surface area contributed by atoms with Crippen LogP contribution in [0.1, 0.15) is 0 Å². The molecule has 5 heavy (non-hydrogen) atoms. The Kier molecular flexibility index (Phi) is 9.48. The van der Waals surface area contributed by atoms with Gasteiger partial charge in [-0.25, -0.2) is 0 Å². The minimum absolute atomic E-state index is 0. The number of rotatable bonds is 0. The van der Waals surface area contributed by atoms with Crippen LogP contribution in [0.2, 0.25) is 0 Å². The van der Waals surface area contributed by atoms with Crippen molar-refractivity contribution in [2.45, 2.75) is 0 Å². The average Bonchev–Trinajstić information content (AvgIpc) is 0.811. The van der Waals surface area contributed by atoms with Crippen LogP contribution in [-0.4, -0.2) is 0 Å². The van der Waals surface area contributed by atoms with Crippen molar-refractivity contribution < 1.29 is 38.2 Å².